The molecule has 29 heavy (non-hydrogen) atoms. The molecule has 0 unspecified atom stereocenters. The fourth-order valence-electron chi connectivity index (χ4n) is 3.33. The average Bonchev–Trinajstić information content (AvgIpc) is 3.16. The van der Waals surface area contributed by atoms with Gasteiger partial charge in [0.25, 0.3) is 0 Å². The minimum absolute atomic E-state index is 0. The van der Waals surface area contributed by atoms with E-state index in [1.165, 1.54) is 36.3 Å². The molecule has 0 atom stereocenters. The number of piperazine rings is 1. The Labute approximate surface area is 192 Å². The van der Waals surface area contributed by atoms with Crippen molar-refractivity contribution in [2.45, 2.75) is 51.7 Å². The van der Waals surface area contributed by atoms with Crippen molar-refractivity contribution in [3.63, 3.8) is 0 Å². The van der Waals surface area contributed by atoms with E-state index in [1.807, 2.05) is 0 Å². The van der Waals surface area contributed by atoms with Gasteiger partial charge in [-0.1, -0.05) is 44.7 Å². The third-order valence-corrected chi connectivity index (χ3v) is 6.77. The van der Waals surface area contributed by atoms with E-state index in [4.69, 9.17) is 4.52 Å². The van der Waals surface area contributed by atoms with E-state index in [9.17, 15) is 8.42 Å². The van der Waals surface area contributed by atoms with Crippen LogP contribution in [0, 0.1) is 5.92 Å². The quantitative estimate of drug-likeness (QED) is 0.212. The van der Waals surface area contributed by atoms with Gasteiger partial charge in [-0.05, 0) is 12.3 Å². The Morgan fingerprint density at radius 1 is 1.21 bits per heavy atom. The number of unbranched alkanes of at least 4 members (excludes halogenated alkanes) is 3. The fourth-order valence-corrected chi connectivity index (χ4v) is 4.76. The Bertz CT molecular complexity index is 687. The van der Waals surface area contributed by atoms with Crippen LogP contribution in [0.5, 0.6) is 0 Å². The predicted molar refractivity (Wildman–Crippen MR) is 127 cm³/mol. The van der Waals surface area contributed by atoms with Crippen LogP contribution < -0.4 is 5.32 Å². The first kappa shape index (κ1) is 26.2. The smallest absolute Gasteiger partial charge is 0.220 e. The van der Waals surface area contributed by atoms with Crippen molar-refractivity contribution in [2.24, 2.45) is 10.9 Å². The van der Waals surface area contributed by atoms with Gasteiger partial charge in [0.15, 0.2) is 5.96 Å². The molecule has 0 radical (unpaired) electrons. The molecule has 10 heteroatoms. The zero-order valence-corrected chi connectivity index (χ0v) is 21.0. The van der Waals surface area contributed by atoms with Crippen molar-refractivity contribution in [1.82, 2.24) is 19.7 Å². The van der Waals surface area contributed by atoms with Gasteiger partial charge >= 0.3 is 0 Å². The van der Waals surface area contributed by atoms with Gasteiger partial charge in [0.05, 0.1) is 5.69 Å². The van der Waals surface area contributed by atoms with Gasteiger partial charge in [-0.25, -0.2) is 8.42 Å². The molecule has 0 aromatic carbocycles. The maximum atomic E-state index is 12.5. The second kappa shape index (κ2) is 13.4. The third-order valence-electron chi connectivity index (χ3n) is 4.96. The third kappa shape index (κ3) is 9.20. The number of nitrogens with one attached hydrogen (secondary N) is 1. The summed E-state index contributed by atoms with van der Waals surface area (Å²) in [6, 6.07) is 1.59. The second-order valence-electron chi connectivity index (χ2n) is 7.70. The average molecular weight is 542 g/mol. The van der Waals surface area contributed by atoms with Crippen molar-refractivity contribution in [2.75, 3.05) is 39.8 Å². The molecule has 0 amide bonds. The maximum Gasteiger partial charge on any atom is 0.220 e. The number of rotatable bonds is 10. The zero-order valence-electron chi connectivity index (χ0n) is 17.8. The molecule has 1 saturated heterocycles. The van der Waals surface area contributed by atoms with E-state index in [0.717, 1.165) is 24.8 Å². The summed E-state index contributed by atoms with van der Waals surface area (Å²) in [4.78, 5) is 6.48. The number of guanidine groups is 1. The lowest BCUT2D eigenvalue weighted by atomic mass is 10.0. The molecule has 0 bridgehead atoms. The number of nitrogens with zero attached hydrogens (tertiary/aromatic N) is 4. The number of sulfonamides is 1. The molecular weight excluding hydrogens is 505 g/mol. The number of aromatic nitrogens is 1. The topological polar surface area (TPSA) is 91.0 Å². The maximum absolute atomic E-state index is 12.5. The highest BCUT2D eigenvalue weighted by atomic mass is 127. The normalized spacial score (nSPS) is 16.1. The molecule has 0 aliphatic carbocycles. The lowest BCUT2D eigenvalue weighted by Crippen LogP contribution is -2.54. The van der Waals surface area contributed by atoms with Crippen molar-refractivity contribution >= 4 is 40.0 Å². The van der Waals surface area contributed by atoms with Crippen LogP contribution in [0.25, 0.3) is 0 Å². The first-order chi connectivity index (χ1) is 13.4. The first-order valence-corrected chi connectivity index (χ1v) is 11.9. The van der Waals surface area contributed by atoms with Crippen molar-refractivity contribution in [3.8, 4) is 0 Å². The van der Waals surface area contributed by atoms with Crippen LogP contribution in [0.15, 0.2) is 21.8 Å². The van der Waals surface area contributed by atoms with Crippen molar-refractivity contribution in [3.05, 3.63) is 18.0 Å². The van der Waals surface area contributed by atoms with E-state index >= 15 is 0 Å². The summed E-state index contributed by atoms with van der Waals surface area (Å²) in [5.74, 6) is 1.53. The SMILES string of the molecule is CN=C(NCCCCCCC(C)C)N1CCN(S(=O)(=O)Cc2ccon2)CC1.I. The van der Waals surface area contributed by atoms with E-state index in [0.29, 0.717) is 31.9 Å². The molecular formula is C19H36IN5O3S. The van der Waals surface area contributed by atoms with Gasteiger partial charge in [-0.2, -0.15) is 4.31 Å². The summed E-state index contributed by atoms with van der Waals surface area (Å²) in [6.45, 7) is 7.61. The molecule has 1 aliphatic heterocycles. The summed E-state index contributed by atoms with van der Waals surface area (Å²) < 4.78 is 31.3. The van der Waals surface area contributed by atoms with Crippen LogP contribution >= 0.6 is 24.0 Å². The molecule has 1 fully saturated rings. The molecule has 1 N–H and O–H groups in total. The number of aliphatic imine (C=N–C) groups is 1. The monoisotopic (exact) mass is 541 g/mol. The highest BCUT2D eigenvalue weighted by Crippen LogP contribution is 2.13. The summed E-state index contributed by atoms with van der Waals surface area (Å²) in [5.41, 5.74) is 0.438. The Morgan fingerprint density at radius 3 is 2.48 bits per heavy atom. The Balaban J connectivity index is 0.00000420. The molecule has 0 spiro atoms. The highest BCUT2D eigenvalue weighted by Gasteiger charge is 2.28. The van der Waals surface area contributed by atoms with Gasteiger partial charge < -0.3 is 14.7 Å². The molecule has 2 heterocycles. The van der Waals surface area contributed by atoms with Crippen LogP contribution in [0.2, 0.25) is 0 Å². The lowest BCUT2D eigenvalue weighted by Gasteiger charge is -2.35. The standard InChI is InChI=1S/C19H35N5O3S.HI/c1-17(2)8-6-4-5-7-10-21-19(20-3)23-11-13-24(14-12-23)28(25,26)16-18-9-15-27-22-18;/h9,15,17H,4-8,10-14,16H2,1-3H3,(H,20,21);1H. The van der Waals surface area contributed by atoms with E-state index in [1.54, 1.807) is 13.1 Å². The molecule has 2 rings (SSSR count). The Morgan fingerprint density at radius 2 is 1.90 bits per heavy atom. The molecule has 1 aromatic rings. The zero-order chi connectivity index (χ0) is 20.4. The largest absolute Gasteiger partial charge is 0.364 e. The first-order valence-electron chi connectivity index (χ1n) is 10.2. The predicted octanol–water partition coefficient (Wildman–Crippen LogP) is 2.92. The highest BCUT2D eigenvalue weighted by molar-refractivity contribution is 14.0. The minimum atomic E-state index is -3.37. The Kier molecular flexibility index (Phi) is 12.1. The summed E-state index contributed by atoms with van der Waals surface area (Å²) in [6.07, 6.45) is 7.63. The van der Waals surface area contributed by atoms with E-state index in [2.05, 4.69) is 34.2 Å². The van der Waals surface area contributed by atoms with Gasteiger partial charge in [-0.15, -0.1) is 24.0 Å². The number of halogens is 1. The van der Waals surface area contributed by atoms with Crippen molar-refractivity contribution < 1.29 is 12.9 Å². The van der Waals surface area contributed by atoms with Crippen LogP contribution in [-0.4, -0.2) is 68.5 Å². The van der Waals surface area contributed by atoms with Crippen LogP contribution in [0.1, 0.15) is 51.6 Å². The van der Waals surface area contributed by atoms with Gasteiger partial charge in [0.2, 0.25) is 10.0 Å². The molecule has 168 valence electrons. The molecule has 8 nitrogen and oxygen atoms in total. The molecule has 1 aromatic heterocycles. The van der Waals surface area contributed by atoms with Gasteiger partial charge in [0, 0.05) is 45.8 Å². The van der Waals surface area contributed by atoms with Crippen LogP contribution in [0.4, 0.5) is 0 Å². The van der Waals surface area contributed by atoms with E-state index in [-0.39, 0.29) is 29.7 Å². The molecule has 1 aliphatic rings. The van der Waals surface area contributed by atoms with Crippen molar-refractivity contribution in [1.29, 1.82) is 0 Å². The van der Waals surface area contributed by atoms with Gasteiger partial charge in [0.1, 0.15) is 12.0 Å². The summed E-state index contributed by atoms with van der Waals surface area (Å²) >= 11 is 0. The summed E-state index contributed by atoms with van der Waals surface area (Å²) in [7, 11) is -1.60. The lowest BCUT2D eigenvalue weighted by molar-refractivity contribution is 0.259. The number of hydrogen-bond acceptors (Lipinski definition) is 5. The van der Waals surface area contributed by atoms with Gasteiger partial charge in [-0.3, -0.25) is 4.99 Å². The fraction of sp³-hybridized carbons (Fsp3) is 0.789. The Hall–Kier alpha value is -0.880. The van der Waals surface area contributed by atoms with Crippen LogP contribution in [0.3, 0.4) is 0 Å². The molecule has 0 saturated carbocycles. The summed E-state index contributed by atoms with van der Waals surface area (Å²) in [5, 5.41) is 7.12. The van der Waals surface area contributed by atoms with E-state index < -0.39 is 10.0 Å². The number of hydrogen-bond donors (Lipinski definition) is 1. The minimum Gasteiger partial charge on any atom is -0.364 e. The second-order valence-corrected chi connectivity index (χ2v) is 9.67. The van der Waals surface area contributed by atoms with Crippen LogP contribution in [-0.2, 0) is 15.8 Å².